The van der Waals surface area contributed by atoms with E-state index in [4.69, 9.17) is 0 Å². The first-order valence-electron chi connectivity index (χ1n) is 11.2. The Morgan fingerprint density at radius 3 is 2.47 bits per heavy atom. The third-order valence-electron chi connectivity index (χ3n) is 5.93. The summed E-state index contributed by atoms with van der Waals surface area (Å²) < 4.78 is 13.7. The van der Waals surface area contributed by atoms with E-state index in [1.54, 1.807) is 18.2 Å². The number of amides is 1. The van der Waals surface area contributed by atoms with Gasteiger partial charge in [0.2, 0.25) is 0 Å². The number of hydrogen-bond acceptors (Lipinski definition) is 4. The van der Waals surface area contributed by atoms with Crippen molar-refractivity contribution in [2.24, 2.45) is 0 Å². The van der Waals surface area contributed by atoms with Crippen molar-refractivity contribution in [2.45, 2.75) is 31.8 Å². The summed E-state index contributed by atoms with van der Waals surface area (Å²) in [5.74, 6) is -0.506. The summed E-state index contributed by atoms with van der Waals surface area (Å²) >= 11 is 0. The van der Waals surface area contributed by atoms with Crippen molar-refractivity contribution in [3.63, 3.8) is 0 Å². The molecule has 2 aromatic carbocycles. The van der Waals surface area contributed by atoms with Crippen molar-refractivity contribution in [3.8, 4) is 0 Å². The van der Waals surface area contributed by atoms with Crippen LogP contribution in [0.1, 0.15) is 34.5 Å². The average Bonchev–Trinajstić information content (AvgIpc) is 2.85. The second-order valence-electron chi connectivity index (χ2n) is 8.11. The molecule has 0 bridgehead atoms. The standard InChI is InChI=1S/C26H29FN4O/c27-25-7-2-1-5-21(25)19-30-26(32)20-8-10-24(11-9-20)31-17-13-23(14-18-31)29-16-12-22-6-3-4-15-28-22/h1-11,15,23,29H,12-14,16-19H2,(H,30,32). The molecule has 2 heterocycles. The normalized spacial score (nSPS) is 14.3. The number of carbonyl (C=O) groups is 1. The molecule has 2 N–H and O–H groups in total. The maximum absolute atomic E-state index is 13.7. The Kier molecular flexibility index (Phi) is 7.46. The van der Waals surface area contributed by atoms with Gasteiger partial charge in [0.1, 0.15) is 5.82 Å². The third kappa shape index (κ3) is 5.92. The van der Waals surface area contributed by atoms with Crippen LogP contribution in [-0.2, 0) is 13.0 Å². The molecule has 3 aromatic rings. The van der Waals surface area contributed by atoms with E-state index in [0.29, 0.717) is 17.2 Å². The predicted molar refractivity (Wildman–Crippen MR) is 125 cm³/mol. The maximum Gasteiger partial charge on any atom is 0.251 e. The van der Waals surface area contributed by atoms with Gasteiger partial charge in [0.25, 0.3) is 5.91 Å². The fourth-order valence-electron chi connectivity index (χ4n) is 4.04. The van der Waals surface area contributed by atoms with Crippen molar-refractivity contribution >= 4 is 11.6 Å². The van der Waals surface area contributed by atoms with Crippen molar-refractivity contribution < 1.29 is 9.18 Å². The Bertz CT molecular complexity index is 1000. The molecule has 1 aliphatic heterocycles. The summed E-state index contributed by atoms with van der Waals surface area (Å²) in [4.78, 5) is 19.1. The fourth-order valence-corrected chi connectivity index (χ4v) is 4.04. The maximum atomic E-state index is 13.7. The molecule has 1 aromatic heterocycles. The lowest BCUT2D eigenvalue weighted by molar-refractivity contribution is 0.0950. The molecule has 0 aliphatic carbocycles. The zero-order valence-electron chi connectivity index (χ0n) is 18.1. The average molecular weight is 433 g/mol. The summed E-state index contributed by atoms with van der Waals surface area (Å²) in [6.45, 7) is 3.09. The molecule has 0 spiro atoms. The molecule has 1 amide bonds. The van der Waals surface area contributed by atoms with Gasteiger partial charge in [-0.2, -0.15) is 0 Å². The van der Waals surface area contributed by atoms with Crippen LogP contribution in [0.4, 0.5) is 10.1 Å². The van der Waals surface area contributed by atoms with Crippen LogP contribution in [0.3, 0.4) is 0 Å². The minimum atomic E-state index is -0.308. The van der Waals surface area contributed by atoms with E-state index in [2.05, 4.69) is 26.6 Å². The number of piperidine rings is 1. The number of halogens is 1. The van der Waals surface area contributed by atoms with Gasteiger partial charge in [0.15, 0.2) is 0 Å². The second-order valence-corrected chi connectivity index (χ2v) is 8.11. The van der Waals surface area contributed by atoms with Crippen LogP contribution in [0.25, 0.3) is 0 Å². The van der Waals surface area contributed by atoms with E-state index in [1.807, 2.05) is 42.6 Å². The summed E-state index contributed by atoms with van der Waals surface area (Å²) in [5.41, 5.74) is 3.31. The van der Waals surface area contributed by atoms with Gasteiger partial charge in [-0.15, -0.1) is 0 Å². The van der Waals surface area contributed by atoms with Gasteiger partial charge >= 0.3 is 0 Å². The van der Waals surface area contributed by atoms with Crippen LogP contribution in [-0.4, -0.2) is 36.6 Å². The van der Waals surface area contributed by atoms with Crippen LogP contribution in [0.5, 0.6) is 0 Å². The van der Waals surface area contributed by atoms with E-state index in [9.17, 15) is 9.18 Å². The Balaban J connectivity index is 1.21. The highest BCUT2D eigenvalue weighted by molar-refractivity contribution is 5.94. The summed E-state index contributed by atoms with van der Waals surface area (Å²) in [6, 6.07) is 20.7. The molecule has 4 rings (SSSR count). The molecular formula is C26H29FN4O. The number of pyridine rings is 1. The molecule has 5 nitrogen and oxygen atoms in total. The molecule has 0 unspecified atom stereocenters. The summed E-state index contributed by atoms with van der Waals surface area (Å²) in [5, 5.41) is 6.44. The van der Waals surface area contributed by atoms with Crippen LogP contribution in [0, 0.1) is 5.82 Å². The fraction of sp³-hybridized carbons (Fsp3) is 0.308. The third-order valence-corrected chi connectivity index (χ3v) is 5.93. The molecule has 0 saturated carbocycles. The molecule has 166 valence electrons. The first kappa shape index (κ1) is 22.0. The van der Waals surface area contributed by atoms with E-state index in [0.717, 1.165) is 50.3 Å². The minimum Gasteiger partial charge on any atom is -0.371 e. The quantitative estimate of drug-likeness (QED) is 0.566. The van der Waals surface area contributed by atoms with Crippen LogP contribution < -0.4 is 15.5 Å². The van der Waals surface area contributed by atoms with E-state index >= 15 is 0 Å². The van der Waals surface area contributed by atoms with Crippen LogP contribution >= 0.6 is 0 Å². The molecule has 0 atom stereocenters. The van der Waals surface area contributed by atoms with Gasteiger partial charge < -0.3 is 15.5 Å². The number of hydrogen-bond donors (Lipinski definition) is 2. The lowest BCUT2D eigenvalue weighted by Crippen LogP contribution is -2.43. The number of aromatic nitrogens is 1. The van der Waals surface area contributed by atoms with Gasteiger partial charge in [-0.25, -0.2) is 4.39 Å². The molecule has 1 aliphatic rings. The first-order valence-corrected chi connectivity index (χ1v) is 11.2. The Hall–Kier alpha value is -3.25. The molecule has 1 fully saturated rings. The Morgan fingerprint density at radius 1 is 1.00 bits per heavy atom. The number of anilines is 1. The lowest BCUT2D eigenvalue weighted by Gasteiger charge is -2.34. The van der Waals surface area contributed by atoms with Crippen molar-refractivity contribution in [1.82, 2.24) is 15.6 Å². The minimum absolute atomic E-state index is 0.175. The van der Waals surface area contributed by atoms with Crippen molar-refractivity contribution in [1.29, 1.82) is 0 Å². The SMILES string of the molecule is O=C(NCc1ccccc1F)c1ccc(N2CCC(NCCc3ccccn3)CC2)cc1. The van der Waals surface area contributed by atoms with E-state index in [1.165, 1.54) is 6.07 Å². The molecule has 32 heavy (non-hydrogen) atoms. The van der Waals surface area contributed by atoms with Gasteiger partial charge in [-0.3, -0.25) is 9.78 Å². The number of carbonyl (C=O) groups excluding carboxylic acids is 1. The Labute approximate surface area is 188 Å². The van der Waals surface area contributed by atoms with Gasteiger partial charge in [-0.05, 0) is 55.3 Å². The van der Waals surface area contributed by atoms with E-state index < -0.39 is 0 Å². The molecular weight excluding hydrogens is 403 g/mol. The van der Waals surface area contributed by atoms with Crippen molar-refractivity contribution in [2.75, 3.05) is 24.5 Å². The second kappa shape index (κ2) is 10.9. The summed E-state index contributed by atoms with van der Waals surface area (Å²) in [7, 11) is 0. The number of rotatable bonds is 8. The Morgan fingerprint density at radius 2 is 1.75 bits per heavy atom. The highest BCUT2D eigenvalue weighted by Gasteiger charge is 2.19. The van der Waals surface area contributed by atoms with Gasteiger partial charge in [0.05, 0.1) is 0 Å². The molecule has 6 heteroatoms. The number of nitrogens with zero attached hydrogens (tertiary/aromatic N) is 2. The van der Waals surface area contributed by atoms with Gasteiger partial charge in [-0.1, -0.05) is 24.3 Å². The highest BCUT2D eigenvalue weighted by atomic mass is 19.1. The molecule has 1 saturated heterocycles. The predicted octanol–water partition coefficient (Wildman–Crippen LogP) is 3.95. The number of benzene rings is 2. The lowest BCUT2D eigenvalue weighted by atomic mass is 10.0. The van der Waals surface area contributed by atoms with Crippen molar-refractivity contribution in [3.05, 3.63) is 95.6 Å². The van der Waals surface area contributed by atoms with Crippen LogP contribution in [0.15, 0.2) is 72.9 Å². The summed E-state index contributed by atoms with van der Waals surface area (Å²) in [6.07, 6.45) is 4.97. The highest BCUT2D eigenvalue weighted by Crippen LogP contribution is 2.21. The topological polar surface area (TPSA) is 57.3 Å². The number of nitrogens with one attached hydrogen (secondary N) is 2. The largest absolute Gasteiger partial charge is 0.371 e. The van der Waals surface area contributed by atoms with E-state index in [-0.39, 0.29) is 18.3 Å². The van der Waals surface area contributed by atoms with Crippen LogP contribution in [0.2, 0.25) is 0 Å². The monoisotopic (exact) mass is 432 g/mol. The first-order chi connectivity index (χ1) is 15.7. The zero-order valence-corrected chi connectivity index (χ0v) is 18.1. The van der Waals surface area contributed by atoms with Gasteiger partial charge in [0, 0.05) is 67.3 Å². The zero-order chi connectivity index (χ0) is 22.2. The smallest absolute Gasteiger partial charge is 0.251 e. The molecule has 0 radical (unpaired) electrons.